The maximum absolute atomic E-state index is 4.26. The van der Waals surface area contributed by atoms with Crippen molar-refractivity contribution < 1.29 is 0 Å². The van der Waals surface area contributed by atoms with Crippen LogP contribution in [0.2, 0.25) is 0 Å². The summed E-state index contributed by atoms with van der Waals surface area (Å²) in [5.41, 5.74) is 0.969. The minimum absolute atomic E-state index is 0.629. The van der Waals surface area contributed by atoms with E-state index in [-0.39, 0.29) is 0 Å². The van der Waals surface area contributed by atoms with Gasteiger partial charge in [0.2, 0.25) is 0 Å². The molecular formula is C13H16BrN5. The Morgan fingerprint density at radius 3 is 2.58 bits per heavy atom. The monoisotopic (exact) mass is 321 g/mol. The van der Waals surface area contributed by atoms with E-state index < -0.39 is 0 Å². The summed E-state index contributed by atoms with van der Waals surface area (Å²) in [4.78, 5) is 12.7. The molecule has 2 aromatic heterocycles. The maximum Gasteiger partial charge on any atom is 0.146 e. The van der Waals surface area contributed by atoms with Gasteiger partial charge in [-0.3, -0.25) is 4.98 Å². The largest absolute Gasteiger partial charge is 0.369 e. The summed E-state index contributed by atoms with van der Waals surface area (Å²) >= 11 is 3.51. The van der Waals surface area contributed by atoms with E-state index in [1.807, 2.05) is 18.2 Å². The van der Waals surface area contributed by atoms with E-state index in [2.05, 4.69) is 48.4 Å². The molecule has 0 aromatic carbocycles. The lowest BCUT2D eigenvalue weighted by Gasteiger charge is -2.11. The van der Waals surface area contributed by atoms with Crippen molar-refractivity contribution in [1.29, 1.82) is 0 Å². The Hall–Kier alpha value is -1.69. The second kappa shape index (κ2) is 7.04. The number of rotatable bonds is 6. The third kappa shape index (κ3) is 3.89. The fourth-order valence-electron chi connectivity index (χ4n) is 1.54. The molecule has 0 unspecified atom stereocenters. The van der Waals surface area contributed by atoms with E-state index in [0.717, 1.165) is 34.8 Å². The van der Waals surface area contributed by atoms with Crippen molar-refractivity contribution in [3.63, 3.8) is 0 Å². The third-order valence-corrected chi connectivity index (χ3v) is 3.25. The first kappa shape index (κ1) is 13.7. The summed E-state index contributed by atoms with van der Waals surface area (Å²) in [6.45, 7) is 3.63. The number of nitrogens with one attached hydrogen (secondary N) is 2. The summed E-state index contributed by atoms with van der Waals surface area (Å²) in [6.07, 6.45) is 4.37. The van der Waals surface area contributed by atoms with Crippen molar-refractivity contribution in [2.75, 3.05) is 17.2 Å². The van der Waals surface area contributed by atoms with Gasteiger partial charge in [0.25, 0.3) is 0 Å². The topological polar surface area (TPSA) is 62.7 Å². The van der Waals surface area contributed by atoms with Gasteiger partial charge in [-0.2, -0.15) is 0 Å². The highest BCUT2D eigenvalue weighted by molar-refractivity contribution is 9.10. The first-order chi connectivity index (χ1) is 9.31. The van der Waals surface area contributed by atoms with Crippen LogP contribution in [-0.4, -0.2) is 21.5 Å². The van der Waals surface area contributed by atoms with Crippen molar-refractivity contribution in [1.82, 2.24) is 15.0 Å². The Labute approximate surface area is 121 Å². The van der Waals surface area contributed by atoms with Crippen molar-refractivity contribution >= 4 is 27.6 Å². The minimum atomic E-state index is 0.629. The quantitative estimate of drug-likeness (QED) is 0.856. The van der Waals surface area contributed by atoms with E-state index in [1.54, 1.807) is 12.5 Å². The van der Waals surface area contributed by atoms with Gasteiger partial charge in [-0.05, 0) is 34.5 Å². The SMILES string of the molecule is CCCNc1ncnc(NCc2ccccn2)c1Br. The molecule has 0 aliphatic carbocycles. The Balaban J connectivity index is 2.04. The summed E-state index contributed by atoms with van der Waals surface area (Å²) in [7, 11) is 0. The average molecular weight is 322 g/mol. The number of aromatic nitrogens is 3. The molecule has 0 bridgehead atoms. The van der Waals surface area contributed by atoms with Gasteiger partial charge < -0.3 is 10.6 Å². The van der Waals surface area contributed by atoms with Gasteiger partial charge in [0.1, 0.15) is 22.4 Å². The standard InChI is InChI=1S/C13H16BrN5/c1-2-6-16-12-11(14)13(19-9-18-12)17-8-10-5-3-4-7-15-10/h3-5,7,9H,2,6,8H2,1H3,(H2,16,17,18,19). The van der Waals surface area contributed by atoms with Crippen molar-refractivity contribution in [3.8, 4) is 0 Å². The molecule has 0 saturated carbocycles. The molecule has 0 radical (unpaired) electrons. The molecule has 2 heterocycles. The highest BCUT2D eigenvalue weighted by Crippen LogP contribution is 2.26. The van der Waals surface area contributed by atoms with Crippen LogP contribution in [0.15, 0.2) is 35.2 Å². The van der Waals surface area contributed by atoms with Gasteiger partial charge in [-0.1, -0.05) is 13.0 Å². The molecule has 0 spiro atoms. The lowest BCUT2D eigenvalue weighted by Crippen LogP contribution is -2.08. The Bertz CT molecular complexity index is 518. The number of hydrogen-bond donors (Lipinski definition) is 2. The molecule has 0 aliphatic heterocycles. The first-order valence-corrected chi connectivity index (χ1v) is 6.98. The smallest absolute Gasteiger partial charge is 0.146 e. The third-order valence-electron chi connectivity index (χ3n) is 2.50. The van der Waals surface area contributed by atoms with E-state index in [4.69, 9.17) is 0 Å². The highest BCUT2D eigenvalue weighted by atomic mass is 79.9. The predicted molar refractivity (Wildman–Crippen MR) is 80.1 cm³/mol. The first-order valence-electron chi connectivity index (χ1n) is 6.19. The molecule has 6 heteroatoms. The molecule has 0 atom stereocenters. The van der Waals surface area contributed by atoms with E-state index in [0.29, 0.717) is 6.54 Å². The number of pyridine rings is 1. The highest BCUT2D eigenvalue weighted by Gasteiger charge is 2.07. The number of nitrogens with zero attached hydrogens (tertiary/aromatic N) is 3. The van der Waals surface area contributed by atoms with Crippen LogP contribution in [0.25, 0.3) is 0 Å². The second-order valence-corrected chi connectivity index (χ2v) is 4.78. The molecule has 2 aromatic rings. The number of hydrogen-bond acceptors (Lipinski definition) is 5. The van der Waals surface area contributed by atoms with Crippen LogP contribution in [0.1, 0.15) is 19.0 Å². The molecular weight excluding hydrogens is 306 g/mol. The van der Waals surface area contributed by atoms with Gasteiger partial charge in [0, 0.05) is 12.7 Å². The molecule has 5 nitrogen and oxygen atoms in total. The molecule has 2 N–H and O–H groups in total. The van der Waals surface area contributed by atoms with Crippen LogP contribution in [0.5, 0.6) is 0 Å². The lowest BCUT2D eigenvalue weighted by atomic mass is 10.3. The second-order valence-electron chi connectivity index (χ2n) is 3.99. The molecule has 100 valence electrons. The van der Waals surface area contributed by atoms with Crippen LogP contribution < -0.4 is 10.6 Å². The molecule has 0 amide bonds. The van der Waals surface area contributed by atoms with E-state index in [1.165, 1.54) is 0 Å². The van der Waals surface area contributed by atoms with Crippen LogP contribution in [0, 0.1) is 0 Å². The number of halogens is 1. The maximum atomic E-state index is 4.26. The Morgan fingerprint density at radius 2 is 1.89 bits per heavy atom. The molecule has 0 fully saturated rings. The summed E-state index contributed by atoms with van der Waals surface area (Å²) < 4.78 is 0.847. The van der Waals surface area contributed by atoms with Gasteiger partial charge in [0.05, 0.1) is 12.2 Å². The zero-order valence-electron chi connectivity index (χ0n) is 10.7. The van der Waals surface area contributed by atoms with Crippen LogP contribution >= 0.6 is 15.9 Å². The summed E-state index contributed by atoms with van der Waals surface area (Å²) in [5.74, 6) is 1.57. The van der Waals surface area contributed by atoms with Crippen LogP contribution in [-0.2, 0) is 6.54 Å². The summed E-state index contributed by atoms with van der Waals surface area (Å²) in [5, 5.41) is 6.49. The zero-order valence-corrected chi connectivity index (χ0v) is 12.3. The van der Waals surface area contributed by atoms with Gasteiger partial charge in [-0.25, -0.2) is 9.97 Å². The molecule has 0 aliphatic rings. The van der Waals surface area contributed by atoms with E-state index in [9.17, 15) is 0 Å². The molecule has 2 rings (SSSR count). The lowest BCUT2D eigenvalue weighted by molar-refractivity contribution is 0.958. The Morgan fingerprint density at radius 1 is 1.11 bits per heavy atom. The fourth-order valence-corrected chi connectivity index (χ4v) is 2.02. The molecule has 0 saturated heterocycles. The van der Waals surface area contributed by atoms with Gasteiger partial charge in [0.15, 0.2) is 0 Å². The van der Waals surface area contributed by atoms with E-state index >= 15 is 0 Å². The van der Waals surface area contributed by atoms with Crippen molar-refractivity contribution in [3.05, 3.63) is 40.9 Å². The van der Waals surface area contributed by atoms with Crippen molar-refractivity contribution in [2.45, 2.75) is 19.9 Å². The molecule has 19 heavy (non-hydrogen) atoms. The fraction of sp³-hybridized carbons (Fsp3) is 0.308. The van der Waals surface area contributed by atoms with Crippen LogP contribution in [0.3, 0.4) is 0 Å². The average Bonchev–Trinajstić information content (AvgIpc) is 2.46. The zero-order chi connectivity index (χ0) is 13.5. The van der Waals surface area contributed by atoms with Crippen LogP contribution in [0.4, 0.5) is 11.6 Å². The summed E-state index contributed by atoms with van der Waals surface area (Å²) in [6, 6.07) is 5.84. The minimum Gasteiger partial charge on any atom is -0.369 e. The van der Waals surface area contributed by atoms with Crippen molar-refractivity contribution in [2.24, 2.45) is 0 Å². The predicted octanol–water partition coefficient (Wildman–Crippen LogP) is 3.07. The Kier molecular flexibility index (Phi) is 5.09. The number of anilines is 2. The van der Waals surface area contributed by atoms with Gasteiger partial charge in [-0.15, -0.1) is 0 Å². The van der Waals surface area contributed by atoms with Gasteiger partial charge >= 0.3 is 0 Å². The normalized spacial score (nSPS) is 10.2.